The molecule has 4 atom stereocenters. The molecule has 15 heteroatoms. The number of guanidine groups is 1. The summed E-state index contributed by atoms with van der Waals surface area (Å²) in [6, 6.07) is 4.55. The van der Waals surface area contributed by atoms with Crippen LogP contribution in [0.25, 0.3) is 0 Å². The van der Waals surface area contributed by atoms with E-state index >= 15 is 0 Å². The fourth-order valence-electron chi connectivity index (χ4n) is 3.16. The van der Waals surface area contributed by atoms with Crippen LogP contribution in [0.3, 0.4) is 0 Å². The lowest BCUT2D eigenvalue weighted by Crippen LogP contribution is -2.48. The highest BCUT2D eigenvalue weighted by Crippen LogP contribution is 2.29. The van der Waals surface area contributed by atoms with Gasteiger partial charge in [0.15, 0.2) is 28.2 Å². The number of aldehydes is 1. The molecule has 0 spiro atoms. The minimum Gasteiger partial charge on any atom is -0.479 e. The molecule has 0 bridgehead atoms. The van der Waals surface area contributed by atoms with Crippen LogP contribution in [0.15, 0.2) is 23.1 Å². The second-order valence-corrected chi connectivity index (χ2v) is 9.75. The topological polar surface area (TPSA) is 252 Å². The molecule has 1 amide bonds. The van der Waals surface area contributed by atoms with Gasteiger partial charge in [-0.25, -0.2) is 13.2 Å². The molecule has 0 saturated carbocycles. The van der Waals surface area contributed by atoms with Crippen LogP contribution >= 0.6 is 0 Å². The molecule has 9 N–H and O–H groups in total. The first-order chi connectivity index (χ1) is 16.2. The molecule has 196 valence electrons. The molecule has 1 aromatic rings. The highest BCUT2D eigenvalue weighted by atomic mass is 32.2. The maximum Gasteiger partial charge on any atom is 0.335 e. The normalized spacial score (nSPS) is 17.1. The van der Waals surface area contributed by atoms with E-state index in [-0.39, 0.29) is 16.7 Å². The minimum atomic E-state index is -3.47. The van der Waals surface area contributed by atoms with Crippen molar-refractivity contribution in [3.63, 3.8) is 0 Å². The van der Waals surface area contributed by atoms with Crippen LogP contribution in [0.2, 0.25) is 0 Å². The summed E-state index contributed by atoms with van der Waals surface area (Å²) in [6.07, 6.45) is -4.07. The number of carbonyl (C=O) groups is 3. The number of piperidine rings is 1. The number of nitrogens with one attached hydrogen (secondary N) is 2. The summed E-state index contributed by atoms with van der Waals surface area (Å²) in [5, 5.41) is 52.4. The van der Waals surface area contributed by atoms with Crippen molar-refractivity contribution in [3.05, 3.63) is 23.8 Å². The molecular weight excluding hydrogens is 488 g/mol. The summed E-state index contributed by atoms with van der Waals surface area (Å²) in [4.78, 5) is 34.0. The van der Waals surface area contributed by atoms with Gasteiger partial charge in [0.2, 0.25) is 0 Å². The lowest BCUT2D eigenvalue weighted by atomic mass is 10.0. The third kappa shape index (κ3) is 8.88. The summed E-state index contributed by atoms with van der Waals surface area (Å²) >= 11 is 0. The first-order valence-electron chi connectivity index (χ1n) is 10.4. The number of sulfone groups is 1. The van der Waals surface area contributed by atoms with E-state index < -0.39 is 52.1 Å². The number of aliphatic hydroxyl groups excluding tert-OH is 4. The van der Waals surface area contributed by atoms with E-state index in [1.807, 2.05) is 4.90 Å². The number of benzene rings is 1. The van der Waals surface area contributed by atoms with Crippen molar-refractivity contribution in [2.45, 2.75) is 48.6 Å². The number of hydrogen-bond acceptors (Lipinski definition) is 11. The third-order valence-corrected chi connectivity index (χ3v) is 6.11. The Bertz CT molecular complexity index is 1030. The van der Waals surface area contributed by atoms with Gasteiger partial charge in [-0.1, -0.05) is 0 Å². The lowest BCUT2D eigenvalue weighted by molar-refractivity contribution is -0.163. The highest BCUT2D eigenvalue weighted by Gasteiger charge is 2.34. The van der Waals surface area contributed by atoms with Gasteiger partial charge in [0.1, 0.15) is 18.3 Å². The fourth-order valence-corrected chi connectivity index (χ4v) is 4.08. The predicted molar refractivity (Wildman–Crippen MR) is 123 cm³/mol. The molecule has 2 rings (SSSR count). The van der Waals surface area contributed by atoms with Crippen molar-refractivity contribution in [2.24, 2.45) is 5.73 Å². The van der Waals surface area contributed by atoms with Crippen LogP contribution in [0.1, 0.15) is 29.6 Å². The molecular formula is C20H30N4O10S. The van der Waals surface area contributed by atoms with E-state index in [4.69, 9.17) is 36.7 Å². The SMILES string of the molecule is CS(=O)(=O)c1cc(C(=O)NC(=N)N)ccc1N1CCCCC1.O=C[C@H](O)[C@@H](O)[C@H](O)[C@H](O)C(=O)O. The summed E-state index contributed by atoms with van der Waals surface area (Å²) in [7, 11) is -3.47. The molecule has 1 saturated heterocycles. The van der Waals surface area contributed by atoms with Gasteiger partial charge in [-0.15, -0.1) is 0 Å². The Kier molecular flexibility index (Phi) is 11.2. The zero-order valence-corrected chi connectivity index (χ0v) is 19.7. The van der Waals surface area contributed by atoms with Crippen molar-refractivity contribution >= 4 is 39.6 Å². The van der Waals surface area contributed by atoms with Gasteiger partial charge in [0.05, 0.1) is 10.6 Å². The Hall–Kier alpha value is -3.11. The predicted octanol–water partition coefficient (Wildman–Crippen LogP) is -2.58. The van der Waals surface area contributed by atoms with Gasteiger partial charge < -0.3 is 41.0 Å². The zero-order chi connectivity index (χ0) is 26.9. The van der Waals surface area contributed by atoms with Gasteiger partial charge in [0, 0.05) is 24.9 Å². The Labute approximate surface area is 201 Å². The van der Waals surface area contributed by atoms with Crippen molar-refractivity contribution in [2.75, 3.05) is 24.2 Å². The number of amides is 1. The minimum absolute atomic E-state index is 0.0809. The van der Waals surface area contributed by atoms with Gasteiger partial charge in [-0.2, -0.15) is 0 Å². The monoisotopic (exact) mass is 518 g/mol. The van der Waals surface area contributed by atoms with E-state index in [9.17, 15) is 22.8 Å². The van der Waals surface area contributed by atoms with E-state index in [1.165, 1.54) is 6.07 Å². The smallest absolute Gasteiger partial charge is 0.335 e. The first kappa shape index (κ1) is 29.9. The molecule has 1 aliphatic rings. The number of anilines is 1. The van der Waals surface area contributed by atoms with Crippen LogP contribution in [0.5, 0.6) is 0 Å². The molecule has 1 heterocycles. The third-order valence-electron chi connectivity index (χ3n) is 4.98. The van der Waals surface area contributed by atoms with E-state index in [2.05, 4.69) is 5.32 Å². The zero-order valence-electron chi connectivity index (χ0n) is 18.9. The molecule has 1 aliphatic heterocycles. The van der Waals surface area contributed by atoms with E-state index in [1.54, 1.807) is 12.1 Å². The van der Waals surface area contributed by atoms with Crippen LogP contribution in [0, 0.1) is 5.41 Å². The van der Waals surface area contributed by atoms with E-state index in [0.717, 1.165) is 38.6 Å². The summed E-state index contributed by atoms with van der Waals surface area (Å²) < 4.78 is 24.1. The van der Waals surface area contributed by atoms with Crippen molar-refractivity contribution in [3.8, 4) is 0 Å². The van der Waals surface area contributed by atoms with E-state index in [0.29, 0.717) is 5.69 Å². The van der Waals surface area contributed by atoms with Crippen LogP contribution in [-0.4, -0.2) is 102 Å². The molecule has 14 nitrogen and oxygen atoms in total. The molecule has 0 aromatic heterocycles. The Balaban J connectivity index is 0.000000405. The number of nitrogens with zero attached hydrogens (tertiary/aromatic N) is 1. The van der Waals surface area contributed by atoms with Crippen molar-refractivity contribution in [1.82, 2.24) is 5.32 Å². The summed E-state index contributed by atoms with van der Waals surface area (Å²) in [5.74, 6) is -2.83. The van der Waals surface area contributed by atoms with Crippen LogP contribution in [0.4, 0.5) is 5.69 Å². The number of carbonyl (C=O) groups excluding carboxylic acids is 2. The second-order valence-electron chi connectivity index (χ2n) is 7.76. The van der Waals surface area contributed by atoms with Crippen molar-refractivity contribution in [1.29, 1.82) is 5.41 Å². The molecule has 35 heavy (non-hydrogen) atoms. The molecule has 1 fully saturated rings. The first-order valence-corrected chi connectivity index (χ1v) is 12.2. The Morgan fingerprint density at radius 3 is 2.14 bits per heavy atom. The number of nitrogens with two attached hydrogens (primary N) is 1. The van der Waals surface area contributed by atoms with Gasteiger partial charge >= 0.3 is 5.97 Å². The van der Waals surface area contributed by atoms with Crippen molar-refractivity contribution < 1.29 is 48.3 Å². The number of carboxylic acids is 1. The molecule has 0 aliphatic carbocycles. The second kappa shape index (κ2) is 13.1. The largest absolute Gasteiger partial charge is 0.479 e. The lowest BCUT2D eigenvalue weighted by Gasteiger charge is -2.30. The summed E-state index contributed by atoms with van der Waals surface area (Å²) in [6.45, 7) is 1.61. The summed E-state index contributed by atoms with van der Waals surface area (Å²) in [5.41, 5.74) is 5.92. The Morgan fingerprint density at radius 2 is 1.69 bits per heavy atom. The number of aliphatic hydroxyl groups is 4. The van der Waals surface area contributed by atoms with Crippen LogP contribution < -0.4 is 16.0 Å². The van der Waals surface area contributed by atoms with Gasteiger partial charge in [-0.05, 0) is 37.5 Å². The molecule has 0 radical (unpaired) electrons. The average molecular weight is 519 g/mol. The quantitative estimate of drug-likeness (QED) is 0.100. The fraction of sp³-hybridized carbons (Fsp3) is 0.500. The standard InChI is InChI=1S/C14H20N4O3S.C6H10O7/c1-22(20,21)12-9-10(13(19)17-14(15)16)5-6-11(12)18-7-3-2-4-8-18;7-1-2(8)3(9)4(10)5(11)6(12)13/h5-6,9H,2-4,7-8H2,1H3,(H4,15,16,17,19);1-5,8-11H,(H,12,13)/t;2-,3+,4-,5-/m.0/s1. The molecule has 1 aromatic carbocycles. The average Bonchev–Trinajstić information content (AvgIpc) is 2.81. The van der Waals surface area contributed by atoms with Crippen LogP contribution in [-0.2, 0) is 19.4 Å². The Morgan fingerprint density at radius 1 is 1.11 bits per heavy atom. The maximum atomic E-state index is 12.1. The highest BCUT2D eigenvalue weighted by molar-refractivity contribution is 7.90. The molecule has 0 unspecified atom stereocenters. The number of hydrogen-bond donors (Lipinski definition) is 8. The number of rotatable bonds is 8. The van der Waals surface area contributed by atoms with Gasteiger partial charge in [0.25, 0.3) is 5.91 Å². The number of carboxylic acid groups (broad SMARTS) is 1. The van der Waals surface area contributed by atoms with Gasteiger partial charge in [-0.3, -0.25) is 15.5 Å². The maximum absolute atomic E-state index is 12.1. The number of aliphatic carboxylic acids is 1.